The molecule has 2 aliphatic heterocycles. The number of aromatic nitrogens is 1. The van der Waals surface area contributed by atoms with Gasteiger partial charge in [0.2, 0.25) is 5.91 Å². The van der Waals surface area contributed by atoms with Crippen LogP contribution in [0.4, 0.5) is 0 Å². The molecule has 2 saturated carbocycles. The van der Waals surface area contributed by atoms with Crippen molar-refractivity contribution < 1.29 is 34.0 Å². The van der Waals surface area contributed by atoms with Crippen molar-refractivity contribution in [3.63, 3.8) is 0 Å². The number of hydrogen-bond acceptors (Lipinski definition) is 7. The summed E-state index contributed by atoms with van der Waals surface area (Å²) in [7, 11) is 0. The van der Waals surface area contributed by atoms with Crippen molar-refractivity contribution in [3.8, 4) is 0 Å². The van der Waals surface area contributed by atoms with E-state index in [-0.39, 0.29) is 30.8 Å². The van der Waals surface area contributed by atoms with E-state index in [2.05, 4.69) is 42.3 Å². The van der Waals surface area contributed by atoms with Crippen LogP contribution in [-0.2, 0) is 35.6 Å². The number of fused-ring (bicyclic) bond motifs is 9. The monoisotopic (exact) mass is 592 g/mol. The van der Waals surface area contributed by atoms with Crippen LogP contribution in [0.5, 0.6) is 0 Å². The van der Waals surface area contributed by atoms with Gasteiger partial charge in [-0.25, -0.2) is 0 Å². The summed E-state index contributed by atoms with van der Waals surface area (Å²) in [4.78, 5) is 30.2. The third-order valence-corrected chi connectivity index (χ3v) is 11.8. The summed E-state index contributed by atoms with van der Waals surface area (Å²) >= 11 is 0. The molecule has 1 saturated heterocycles. The average molecular weight is 593 g/mol. The maximum atomic E-state index is 13.5. The van der Waals surface area contributed by atoms with Crippen molar-refractivity contribution in [3.05, 3.63) is 47.2 Å². The minimum absolute atomic E-state index is 0.0639. The lowest BCUT2D eigenvalue weighted by molar-refractivity contribution is -0.279. The number of para-hydroxylation sites is 1. The van der Waals surface area contributed by atoms with Crippen LogP contribution in [-0.4, -0.2) is 75.8 Å². The molecule has 7 rings (SSSR count). The Balaban J connectivity index is 1.32. The van der Waals surface area contributed by atoms with Gasteiger partial charge in [-0.05, 0) is 56.7 Å². The van der Waals surface area contributed by atoms with Gasteiger partial charge in [-0.15, -0.1) is 0 Å². The maximum absolute atomic E-state index is 13.5. The molecular formula is C34H44N2O7. The molecule has 3 aliphatic carbocycles. The second-order valence-electron chi connectivity index (χ2n) is 15.3. The van der Waals surface area contributed by atoms with E-state index < -0.39 is 45.4 Å². The number of ether oxygens (including phenoxy) is 3. The fourth-order valence-corrected chi connectivity index (χ4v) is 9.21. The Morgan fingerprint density at radius 1 is 1.19 bits per heavy atom. The highest BCUT2D eigenvalue weighted by Gasteiger charge is 2.78. The summed E-state index contributed by atoms with van der Waals surface area (Å²) in [6.07, 6.45) is 2.40. The first-order valence-electron chi connectivity index (χ1n) is 15.6. The Hall–Kier alpha value is -2.56. The third kappa shape index (κ3) is 3.69. The van der Waals surface area contributed by atoms with Crippen molar-refractivity contribution >= 4 is 22.6 Å². The van der Waals surface area contributed by atoms with Crippen LogP contribution in [0.15, 0.2) is 35.9 Å². The molecule has 4 N–H and O–H groups in total. The topological polar surface area (TPSA) is 130 Å². The van der Waals surface area contributed by atoms with Crippen molar-refractivity contribution in [1.29, 1.82) is 0 Å². The number of ketones is 1. The highest BCUT2D eigenvalue weighted by molar-refractivity contribution is 5.97. The number of H-pyrrole nitrogens is 1. The zero-order valence-corrected chi connectivity index (χ0v) is 26.0. The number of nitrogens with one attached hydrogen (secondary N) is 2. The van der Waals surface area contributed by atoms with E-state index >= 15 is 0 Å². The van der Waals surface area contributed by atoms with Gasteiger partial charge in [-0.3, -0.25) is 9.59 Å². The van der Waals surface area contributed by atoms with Gasteiger partial charge >= 0.3 is 0 Å². The summed E-state index contributed by atoms with van der Waals surface area (Å²) < 4.78 is 19.5. The number of carbonyl (C=O) groups excluding carboxylic acids is 2. The molecule has 1 aromatic heterocycles. The van der Waals surface area contributed by atoms with Gasteiger partial charge in [-0.2, -0.15) is 0 Å². The average Bonchev–Trinajstić information content (AvgIpc) is 3.55. The summed E-state index contributed by atoms with van der Waals surface area (Å²) in [6.45, 7) is 11.8. The molecular weight excluding hydrogens is 548 g/mol. The van der Waals surface area contributed by atoms with Crippen LogP contribution in [0.3, 0.4) is 0 Å². The van der Waals surface area contributed by atoms with E-state index in [4.69, 9.17) is 14.2 Å². The van der Waals surface area contributed by atoms with Gasteiger partial charge < -0.3 is 34.7 Å². The van der Waals surface area contributed by atoms with Gasteiger partial charge in [0.15, 0.2) is 17.7 Å². The largest absolute Gasteiger partial charge is 0.396 e. The third-order valence-electron chi connectivity index (χ3n) is 11.8. The lowest BCUT2D eigenvalue weighted by Crippen LogP contribution is -2.75. The summed E-state index contributed by atoms with van der Waals surface area (Å²) in [5, 5.41) is 27.0. The number of aromatic amines is 1. The van der Waals surface area contributed by atoms with E-state index in [1.54, 1.807) is 6.08 Å². The predicted octanol–water partition coefficient (Wildman–Crippen LogP) is 3.45. The van der Waals surface area contributed by atoms with Crippen LogP contribution in [0.2, 0.25) is 0 Å². The predicted molar refractivity (Wildman–Crippen MR) is 159 cm³/mol. The lowest BCUT2D eigenvalue weighted by atomic mass is 9.41. The van der Waals surface area contributed by atoms with Crippen LogP contribution < -0.4 is 5.32 Å². The molecule has 2 bridgehead atoms. The molecule has 1 spiro atoms. The minimum Gasteiger partial charge on any atom is -0.396 e. The van der Waals surface area contributed by atoms with Crippen LogP contribution in [0.25, 0.3) is 10.9 Å². The lowest BCUT2D eigenvalue weighted by Gasteiger charge is -2.67. The number of rotatable bonds is 6. The van der Waals surface area contributed by atoms with Crippen molar-refractivity contribution in [2.45, 2.75) is 102 Å². The summed E-state index contributed by atoms with van der Waals surface area (Å²) in [6, 6.07) is 8.32. The zero-order valence-electron chi connectivity index (χ0n) is 26.0. The number of benzene rings is 1. The fourth-order valence-electron chi connectivity index (χ4n) is 9.21. The molecule has 2 aromatic rings. The highest BCUT2D eigenvalue weighted by Crippen LogP contribution is 2.72. The van der Waals surface area contributed by atoms with E-state index in [1.807, 2.05) is 33.8 Å². The zero-order chi connectivity index (χ0) is 30.8. The van der Waals surface area contributed by atoms with Gasteiger partial charge in [0.1, 0.15) is 17.8 Å². The standard InChI is InChI=1S/C34H44N2O7/c1-29(2,18-37)17-35-26(39)16-41-25-14-19-13-21-20-9-7-8-10-22(20)36-27(21)32(19,6)31(5)11-12-33-24(34(25,31)40)15-23(38)28(42-33)30(3,4)43-33/h7-10,15,19,25,28,36-37,40H,11-14,16-18H2,1-6H3,(H,35,39)/t19?,25-,28?,31?,32+,33?,34-/m0/s1. The van der Waals surface area contributed by atoms with E-state index in [0.29, 0.717) is 31.4 Å². The molecule has 232 valence electrons. The van der Waals surface area contributed by atoms with Crippen LogP contribution >= 0.6 is 0 Å². The molecule has 7 atom stereocenters. The second-order valence-corrected chi connectivity index (χ2v) is 15.3. The van der Waals surface area contributed by atoms with Crippen molar-refractivity contribution in [2.24, 2.45) is 16.7 Å². The first kappa shape index (κ1) is 29.2. The second kappa shape index (κ2) is 9.01. The van der Waals surface area contributed by atoms with Gasteiger partial charge in [0, 0.05) is 58.0 Å². The van der Waals surface area contributed by atoms with Gasteiger partial charge in [-0.1, -0.05) is 45.9 Å². The summed E-state index contributed by atoms with van der Waals surface area (Å²) in [5.74, 6) is -1.65. The molecule has 9 heteroatoms. The molecule has 5 aliphatic rings. The normalized spacial score (nSPS) is 39.1. The Kier molecular flexibility index (Phi) is 6.11. The van der Waals surface area contributed by atoms with Gasteiger partial charge in [0.25, 0.3) is 0 Å². The number of carbonyl (C=O) groups is 2. The number of hydrogen-bond donors (Lipinski definition) is 4. The maximum Gasteiger partial charge on any atom is 0.246 e. The van der Waals surface area contributed by atoms with Gasteiger partial charge in [0.05, 0.1) is 6.10 Å². The minimum atomic E-state index is -1.67. The van der Waals surface area contributed by atoms with Crippen molar-refractivity contribution in [1.82, 2.24) is 10.3 Å². The molecule has 3 fully saturated rings. The highest BCUT2D eigenvalue weighted by atomic mass is 16.8. The molecule has 3 heterocycles. The summed E-state index contributed by atoms with van der Waals surface area (Å²) in [5.41, 5.74) is -0.384. The quantitative estimate of drug-likeness (QED) is 0.404. The number of aliphatic hydroxyl groups excluding tert-OH is 1. The van der Waals surface area contributed by atoms with Crippen molar-refractivity contribution in [2.75, 3.05) is 19.8 Å². The SMILES string of the molecule is CC(C)(CO)CNC(=O)CO[C@H]1CC2Cc3c([nH]c4ccccc34)[C@]2(C)C2(C)CCC34OC(C(=O)C=C3[C@]12O)C(C)(C)O4. The first-order valence-corrected chi connectivity index (χ1v) is 15.6. The fraction of sp³-hybridized carbons (Fsp3) is 0.647. The smallest absolute Gasteiger partial charge is 0.246 e. The molecule has 0 radical (unpaired) electrons. The Labute approximate surface area is 252 Å². The molecule has 4 unspecified atom stereocenters. The van der Waals surface area contributed by atoms with Crippen LogP contribution in [0, 0.1) is 16.7 Å². The van der Waals surface area contributed by atoms with E-state index in [0.717, 1.165) is 17.6 Å². The number of amides is 1. The Morgan fingerprint density at radius 2 is 1.93 bits per heavy atom. The molecule has 43 heavy (non-hydrogen) atoms. The molecule has 1 amide bonds. The van der Waals surface area contributed by atoms with E-state index in [9.17, 15) is 19.8 Å². The molecule has 1 aromatic carbocycles. The first-order chi connectivity index (χ1) is 20.1. The Morgan fingerprint density at radius 3 is 2.67 bits per heavy atom. The Bertz CT molecular complexity index is 1560. The number of aliphatic hydroxyl groups is 2. The van der Waals surface area contributed by atoms with Crippen LogP contribution in [0.1, 0.15) is 72.1 Å². The van der Waals surface area contributed by atoms with E-state index in [1.165, 1.54) is 10.9 Å². The molecule has 9 nitrogen and oxygen atoms in total.